The van der Waals surface area contributed by atoms with Crippen LogP contribution in [0.1, 0.15) is 52.6 Å². The Balaban J connectivity index is 1.08. The van der Waals surface area contributed by atoms with Crippen LogP contribution in [0.5, 0.6) is 11.5 Å². The third-order valence-corrected chi connectivity index (χ3v) is 13.3. The van der Waals surface area contributed by atoms with E-state index in [1.54, 1.807) is 0 Å². The van der Waals surface area contributed by atoms with E-state index in [9.17, 15) is 0 Å². The van der Waals surface area contributed by atoms with Gasteiger partial charge in [0.1, 0.15) is 11.5 Å². The summed E-state index contributed by atoms with van der Waals surface area (Å²) < 4.78 is 6.68. The fraction of sp³-hybridized carbons (Fsp3) is 0.200. The number of fused-ring (bicyclic) bond motifs is 12. The van der Waals surface area contributed by atoms with Gasteiger partial charge >= 0.3 is 0 Å². The number of para-hydroxylation sites is 1. The van der Waals surface area contributed by atoms with Gasteiger partial charge in [-0.2, -0.15) is 0 Å². The van der Waals surface area contributed by atoms with E-state index in [1.807, 2.05) is 0 Å². The summed E-state index contributed by atoms with van der Waals surface area (Å²) >= 11 is 0. The van der Waals surface area contributed by atoms with E-state index in [0.29, 0.717) is 0 Å². The van der Waals surface area contributed by atoms with Crippen molar-refractivity contribution in [3.05, 3.63) is 167 Å². The third-order valence-electron chi connectivity index (χ3n) is 13.3. The molecule has 46 heavy (non-hydrogen) atoms. The zero-order chi connectivity index (χ0) is 29.8. The average molecular weight is 589 g/mol. The zero-order valence-electron chi connectivity index (χ0n) is 25.5. The lowest BCUT2D eigenvalue weighted by Gasteiger charge is -2.44. The van der Waals surface area contributed by atoms with Crippen molar-refractivity contribution in [2.24, 2.45) is 23.7 Å². The van der Waals surface area contributed by atoms with Crippen molar-refractivity contribution in [2.45, 2.75) is 30.1 Å². The molecule has 4 atom stereocenters. The van der Waals surface area contributed by atoms with Gasteiger partial charge in [-0.15, -0.1) is 0 Å². The molecule has 4 fully saturated rings. The Bertz CT molecular complexity index is 2260. The number of hydrogen-bond donors (Lipinski definition) is 0. The van der Waals surface area contributed by atoms with Crippen molar-refractivity contribution in [3.63, 3.8) is 0 Å². The molecule has 4 saturated carbocycles. The Morgan fingerprint density at radius 3 is 1.57 bits per heavy atom. The Morgan fingerprint density at radius 1 is 0.413 bits per heavy atom. The van der Waals surface area contributed by atoms with E-state index >= 15 is 0 Å². The molecule has 1 heteroatoms. The van der Waals surface area contributed by atoms with Gasteiger partial charge in [-0.25, -0.2) is 0 Å². The lowest BCUT2D eigenvalue weighted by atomic mass is 9.62. The van der Waals surface area contributed by atoms with Crippen LogP contribution in [-0.2, 0) is 10.8 Å². The summed E-state index contributed by atoms with van der Waals surface area (Å²) in [6.45, 7) is 0. The van der Waals surface area contributed by atoms with Crippen LogP contribution in [0.2, 0.25) is 0 Å². The molecule has 0 radical (unpaired) electrons. The van der Waals surface area contributed by atoms with Gasteiger partial charge in [-0.05, 0) is 123 Å². The van der Waals surface area contributed by atoms with Gasteiger partial charge in [0.15, 0.2) is 0 Å². The number of rotatable bonds is 1. The van der Waals surface area contributed by atoms with Crippen LogP contribution in [0.15, 0.2) is 133 Å². The van der Waals surface area contributed by atoms with Crippen molar-refractivity contribution in [3.8, 4) is 44.9 Å². The molecule has 7 aliphatic rings. The van der Waals surface area contributed by atoms with Gasteiger partial charge in [0.25, 0.3) is 0 Å². The van der Waals surface area contributed by atoms with Crippen LogP contribution in [0.3, 0.4) is 0 Å². The molecular formula is C45H32O. The molecule has 4 unspecified atom stereocenters. The largest absolute Gasteiger partial charge is 0.457 e. The molecule has 0 saturated heterocycles. The summed E-state index contributed by atoms with van der Waals surface area (Å²) in [5, 5.41) is 0. The smallest absolute Gasteiger partial charge is 0.131 e. The molecule has 1 heterocycles. The van der Waals surface area contributed by atoms with Gasteiger partial charge in [-0.3, -0.25) is 0 Å². The average Bonchev–Trinajstić information content (AvgIpc) is 3.95. The standard InChI is InChI=1S/C45H32O/c1-4-12-34-30(9-1)31-10-2-5-13-35(31)44(34)36-14-6-3-11-32(36)33-22-26(17-19-37(33)44)27-18-20-43-41(23-27)45(38-15-7-8-16-42(38)46-43)39-24-28-21-29(39)25-40(28)45/h1-20,22-23,28-29,39-40H,21,24-25H2. The summed E-state index contributed by atoms with van der Waals surface area (Å²) in [7, 11) is 0. The van der Waals surface area contributed by atoms with Crippen LogP contribution in [0, 0.1) is 23.7 Å². The maximum atomic E-state index is 6.68. The van der Waals surface area contributed by atoms with Gasteiger partial charge in [-0.1, -0.05) is 109 Å². The van der Waals surface area contributed by atoms with E-state index in [2.05, 4.69) is 133 Å². The molecular weight excluding hydrogens is 556 g/mol. The fourth-order valence-electron chi connectivity index (χ4n) is 12.0. The molecule has 218 valence electrons. The van der Waals surface area contributed by atoms with Crippen molar-refractivity contribution in [1.29, 1.82) is 0 Å². The first-order valence-corrected chi connectivity index (χ1v) is 17.1. The molecule has 13 rings (SSSR count). The fourth-order valence-corrected chi connectivity index (χ4v) is 12.0. The SMILES string of the molecule is c1ccc2c(c1)Oc1ccc(-c3ccc4c(c3)-c3ccccc3C43c4ccccc4-c4ccccc43)cc1C21C2CC3CC2CC31. The van der Waals surface area contributed by atoms with Crippen LogP contribution in [0.4, 0.5) is 0 Å². The second kappa shape index (κ2) is 8.09. The Hall–Kier alpha value is -4.88. The quantitative estimate of drug-likeness (QED) is 0.185. The molecule has 0 aromatic heterocycles. The van der Waals surface area contributed by atoms with Crippen molar-refractivity contribution < 1.29 is 4.74 Å². The minimum Gasteiger partial charge on any atom is -0.457 e. The summed E-state index contributed by atoms with van der Waals surface area (Å²) in [4.78, 5) is 0. The minimum atomic E-state index is -0.292. The first-order valence-electron chi connectivity index (χ1n) is 17.1. The maximum absolute atomic E-state index is 6.68. The lowest BCUT2D eigenvalue weighted by Crippen LogP contribution is -2.39. The molecule has 1 nitrogen and oxygen atoms in total. The Labute approximate surface area is 269 Å². The minimum absolute atomic E-state index is 0.0957. The summed E-state index contributed by atoms with van der Waals surface area (Å²) in [5.74, 6) is 5.35. The number of benzene rings is 6. The first kappa shape index (κ1) is 24.4. The molecule has 6 aromatic rings. The highest BCUT2D eigenvalue weighted by Crippen LogP contribution is 2.76. The summed E-state index contributed by atoms with van der Waals surface area (Å²) in [6, 6.07) is 50.6. The monoisotopic (exact) mass is 588 g/mol. The molecule has 2 spiro atoms. The van der Waals surface area contributed by atoms with Crippen molar-refractivity contribution >= 4 is 0 Å². The van der Waals surface area contributed by atoms with Crippen molar-refractivity contribution in [2.75, 3.05) is 0 Å². The van der Waals surface area contributed by atoms with Gasteiger partial charge in [0.2, 0.25) is 0 Å². The molecule has 6 aromatic carbocycles. The predicted molar refractivity (Wildman–Crippen MR) is 183 cm³/mol. The topological polar surface area (TPSA) is 9.23 Å². The second-order valence-electron chi connectivity index (χ2n) is 14.8. The Kier molecular flexibility index (Phi) is 4.28. The van der Waals surface area contributed by atoms with E-state index in [4.69, 9.17) is 4.74 Å². The summed E-state index contributed by atoms with van der Waals surface area (Å²) in [6.07, 6.45) is 4.20. The zero-order valence-corrected chi connectivity index (χ0v) is 25.5. The molecule has 0 N–H and O–H groups in total. The van der Waals surface area contributed by atoms with Gasteiger partial charge in [0, 0.05) is 16.5 Å². The Morgan fingerprint density at radius 2 is 0.913 bits per heavy atom. The van der Waals surface area contributed by atoms with Gasteiger partial charge in [0.05, 0.1) is 5.41 Å². The summed E-state index contributed by atoms with van der Waals surface area (Å²) in [5.41, 5.74) is 16.3. The van der Waals surface area contributed by atoms with Gasteiger partial charge < -0.3 is 4.74 Å². The highest BCUT2D eigenvalue weighted by molar-refractivity contribution is 5.96. The van der Waals surface area contributed by atoms with Crippen molar-refractivity contribution in [1.82, 2.24) is 0 Å². The third kappa shape index (κ3) is 2.56. The van der Waals surface area contributed by atoms with Crippen LogP contribution >= 0.6 is 0 Å². The van der Waals surface area contributed by atoms with E-state index in [-0.39, 0.29) is 10.8 Å². The number of ether oxygens (including phenoxy) is 1. The van der Waals surface area contributed by atoms with Crippen LogP contribution in [0.25, 0.3) is 33.4 Å². The van der Waals surface area contributed by atoms with E-state index in [0.717, 1.165) is 35.2 Å². The first-order chi connectivity index (χ1) is 22.8. The van der Waals surface area contributed by atoms with E-state index < -0.39 is 0 Å². The second-order valence-corrected chi connectivity index (χ2v) is 14.8. The highest BCUT2D eigenvalue weighted by Gasteiger charge is 2.70. The molecule has 1 aliphatic heterocycles. The van der Waals surface area contributed by atoms with Crippen LogP contribution < -0.4 is 4.74 Å². The maximum Gasteiger partial charge on any atom is 0.131 e. The number of hydrogen-bond acceptors (Lipinski definition) is 1. The van der Waals surface area contributed by atoms with Crippen LogP contribution in [-0.4, -0.2) is 0 Å². The lowest BCUT2D eigenvalue weighted by molar-refractivity contribution is 0.269. The molecule has 6 aliphatic carbocycles. The normalized spacial score (nSPS) is 26.9. The highest BCUT2D eigenvalue weighted by atomic mass is 16.5. The van der Waals surface area contributed by atoms with E-state index in [1.165, 1.54) is 86.0 Å². The molecule has 0 amide bonds. The predicted octanol–water partition coefficient (Wildman–Crippen LogP) is 10.8. The molecule has 4 bridgehead atoms.